The van der Waals surface area contributed by atoms with Crippen molar-refractivity contribution < 1.29 is 9.90 Å². The van der Waals surface area contributed by atoms with E-state index in [9.17, 15) is 4.79 Å². The molecule has 2 heterocycles. The highest BCUT2D eigenvalue weighted by atomic mass is 16.4. The van der Waals surface area contributed by atoms with Crippen molar-refractivity contribution in [2.75, 3.05) is 19.6 Å². The van der Waals surface area contributed by atoms with Gasteiger partial charge in [-0.2, -0.15) is 5.10 Å². The Morgan fingerprint density at radius 2 is 1.95 bits per heavy atom. The zero-order valence-corrected chi connectivity index (χ0v) is 11.9. The van der Waals surface area contributed by atoms with Crippen molar-refractivity contribution in [1.29, 1.82) is 0 Å². The minimum Gasteiger partial charge on any atom is -0.477 e. The number of H-pyrrole nitrogens is 1. The number of aromatic carboxylic acids is 1. The first-order valence-electron chi connectivity index (χ1n) is 7.33. The van der Waals surface area contributed by atoms with Crippen LogP contribution in [-0.2, 0) is 6.42 Å². The molecule has 5 nitrogen and oxygen atoms in total. The number of aromatic nitrogens is 2. The number of nitrogens with one attached hydrogen (secondary N) is 1. The highest BCUT2D eigenvalue weighted by Crippen LogP contribution is 2.19. The fourth-order valence-corrected chi connectivity index (χ4v) is 2.71. The zero-order valence-electron chi connectivity index (χ0n) is 11.9. The predicted molar refractivity (Wildman–Crippen MR) is 80.4 cm³/mol. The number of carbonyl (C=O) groups is 1. The van der Waals surface area contributed by atoms with Crippen LogP contribution < -0.4 is 0 Å². The average molecular weight is 285 g/mol. The van der Waals surface area contributed by atoms with Gasteiger partial charge < -0.3 is 10.0 Å². The number of hydrogen-bond donors (Lipinski definition) is 2. The quantitative estimate of drug-likeness (QED) is 0.885. The Hall–Kier alpha value is -2.14. The number of nitrogens with zero attached hydrogens (tertiary/aromatic N) is 2. The van der Waals surface area contributed by atoms with Gasteiger partial charge in [-0.3, -0.25) is 5.10 Å². The molecule has 21 heavy (non-hydrogen) atoms. The molecule has 1 aromatic heterocycles. The van der Waals surface area contributed by atoms with E-state index in [1.807, 2.05) is 12.1 Å². The maximum absolute atomic E-state index is 10.8. The third-order valence-corrected chi connectivity index (χ3v) is 3.97. The van der Waals surface area contributed by atoms with E-state index in [4.69, 9.17) is 5.11 Å². The lowest BCUT2D eigenvalue weighted by atomic mass is 10.1. The van der Waals surface area contributed by atoms with Crippen molar-refractivity contribution in [3.63, 3.8) is 0 Å². The second kappa shape index (κ2) is 6.10. The topological polar surface area (TPSA) is 69.2 Å². The van der Waals surface area contributed by atoms with Gasteiger partial charge in [-0.25, -0.2) is 4.79 Å². The molecular weight excluding hydrogens is 266 g/mol. The van der Waals surface area contributed by atoms with Crippen LogP contribution in [-0.4, -0.2) is 45.8 Å². The molecule has 0 bridgehead atoms. The number of rotatable bonds is 5. The summed E-state index contributed by atoms with van der Waals surface area (Å²) in [6.45, 7) is 3.57. The molecule has 0 atom stereocenters. The van der Waals surface area contributed by atoms with E-state index in [1.165, 1.54) is 31.5 Å². The summed E-state index contributed by atoms with van der Waals surface area (Å²) in [7, 11) is 0. The van der Waals surface area contributed by atoms with E-state index in [2.05, 4.69) is 27.2 Å². The number of hydrogen-bond acceptors (Lipinski definition) is 3. The van der Waals surface area contributed by atoms with Gasteiger partial charge in [0, 0.05) is 12.1 Å². The Balaban J connectivity index is 1.63. The van der Waals surface area contributed by atoms with Crippen molar-refractivity contribution >= 4 is 5.97 Å². The third kappa shape index (κ3) is 3.31. The molecule has 5 heteroatoms. The van der Waals surface area contributed by atoms with Crippen LogP contribution in [0.25, 0.3) is 11.3 Å². The second-order valence-electron chi connectivity index (χ2n) is 5.47. The van der Waals surface area contributed by atoms with E-state index >= 15 is 0 Å². The Labute approximate surface area is 123 Å². The molecule has 0 spiro atoms. The van der Waals surface area contributed by atoms with Gasteiger partial charge in [-0.15, -0.1) is 0 Å². The van der Waals surface area contributed by atoms with Crippen LogP contribution in [0.4, 0.5) is 0 Å². The van der Waals surface area contributed by atoms with Crippen LogP contribution in [0.15, 0.2) is 30.3 Å². The minimum absolute atomic E-state index is 0.114. The van der Waals surface area contributed by atoms with Crippen LogP contribution in [0.3, 0.4) is 0 Å². The van der Waals surface area contributed by atoms with Crippen molar-refractivity contribution in [2.24, 2.45) is 0 Å². The van der Waals surface area contributed by atoms with Gasteiger partial charge in [-0.1, -0.05) is 24.3 Å². The van der Waals surface area contributed by atoms with E-state index in [-0.39, 0.29) is 5.69 Å². The summed E-state index contributed by atoms with van der Waals surface area (Å²) in [5, 5.41) is 15.4. The van der Waals surface area contributed by atoms with Gasteiger partial charge in [0.1, 0.15) is 5.69 Å². The molecule has 1 aromatic carbocycles. The zero-order chi connectivity index (χ0) is 14.7. The first kappa shape index (κ1) is 13.8. The van der Waals surface area contributed by atoms with Crippen molar-refractivity contribution in [3.05, 3.63) is 41.6 Å². The van der Waals surface area contributed by atoms with Crippen molar-refractivity contribution in [1.82, 2.24) is 15.1 Å². The van der Waals surface area contributed by atoms with Gasteiger partial charge in [0.2, 0.25) is 0 Å². The Morgan fingerprint density at radius 3 is 2.57 bits per heavy atom. The van der Waals surface area contributed by atoms with Crippen molar-refractivity contribution in [3.8, 4) is 11.3 Å². The van der Waals surface area contributed by atoms with Crippen LogP contribution in [0.2, 0.25) is 0 Å². The third-order valence-electron chi connectivity index (χ3n) is 3.97. The monoisotopic (exact) mass is 285 g/mol. The molecule has 2 aromatic rings. The van der Waals surface area contributed by atoms with Gasteiger partial charge in [0.25, 0.3) is 0 Å². The lowest BCUT2D eigenvalue weighted by Crippen LogP contribution is -2.21. The van der Waals surface area contributed by atoms with Crippen LogP contribution >= 0.6 is 0 Å². The minimum atomic E-state index is -0.990. The number of carboxylic acid groups (broad SMARTS) is 1. The molecule has 110 valence electrons. The first-order valence-corrected chi connectivity index (χ1v) is 7.33. The summed E-state index contributed by atoms with van der Waals surface area (Å²) in [5.74, 6) is -0.990. The summed E-state index contributed by atoms with van der Waals surface area (Å²) in [4.78, 5) is 13.3. The largest absolute Gasteiger partial charge is 0.477 e. The lowest BCUT2D eigenvalue weighted by molar-refractivity contribution is 0.0690. The molecule has 0 unspecified atom stereocenters. The SMILES string of the molecule is O=C(O)c1cc(-c2ccc(CCN3CCCC3)cc2)n[nH]1. The van der Waals surface area contributed by atoms with Gasteiger partial charge in [0.15, 0.2) is 0 Å². The van der Waals surface area contributed by atoms with Gasteiger partial charge in [-0.05, 0) is 44.0 Å². The fraction of sp³-hybridized carbons (Fsp3) is 0.375. The van der Waals surface area contributed by atoms with E-state index in [0.717, 1.165) is 18.5 Å². The molecule has 1 fully saturated rings. The maximum Gasteiger partial charge on any atom is 0.353 e. The van der Waals surface area contributed by atoms with Crippen LogP contribution in [0.5, 0.6) is 0 Å². The Bertz CT molecular complexity index is 613. The number of likely N-dealkylation sites (tertiary alicyclic amines) is 1. The maximum atomic E-state index is 10.8. The van der Waals surface area contributed by atoms with Crippen LogP contribution in [0, 0.1) is 0 Å². The van der Waals surface area contributed by atoms with Gasteiger partial charge >= 0.3 is 5.97 Å². The number of aromatic amines is 1. The smallest absolute Gasteiger partial charge is 0.353 e. The summed E-state index contributed by atoms with van der Waals surface area (Å²) >= 11 is 0. The normalized spacial score (nSPS) is 15.4. The van der Waals surface area contributed by atoms with E-state index < -0.39 is 5.97 Å². The highest BCUT2D eigenvalue weighted by molar-refractivity contribution is 5.86. The first-order chi connectivity index (χ1) is 10.2. The standard InChI is InChI=1S/C16H19N3O2/c20-16(21)15-11-14(17-18-15)13-5-3-12(4-6-13)7-10-19-8-1-2-9-19/h3-6,11H,1-2,7-10H2,(H,17,18)(H,20,21). The highest BCUT2D eigenvalue weighted by Gasteiger charge is 2.11. The number of benzene rings is 1. The van der Waals surface area contributed by atoms with Gasteiger partial charge in [0.05, 0.1) is 5.69 Å². The molecule has 0 radical (unpaired) electrons. The molecule has 1 aliphatic rings. The molecule has 0 aliphatic carbocycles. The van der Waals surface area contributed by atoms with E-state index in [1.54, 1.807) is 6.07 Å². The summed E-state index contributed by atoms with van der Waals surface area (Å²) in [6, 6.07) is 9.75. The second-order valence-corrected chi connectivity index (χ2v) is 5.47. The molecule has 1 saturated heterocycles. The summed E-state index contributed by atoms with van der Waals surface area (Å²) in [6.07, 6.45) is 3.70. The predicted octanol–water partition coefficient (Wildman–Crippen LogP) is 2.41. The fourth-order valence-electron chi connectivity index (χ4n) is 2.71. The number of carboxylic acids is 1. The molecule has 0 amide bonds. The Kier molecular flexibility index (Phi) is 4.01. The molecule has 3 rings (SSSR count). The Morgan fingerprint density at radius 1 is 1.24 bits per heavy atom. The molecule has 1 aliphatic heterocycles. The molecule has 0 saturated carbocycles. The summed E-state index contributed by atoms with van der Waals surface area (Å²) < 4.78 is 0. The van der Waals surface area contributed by atoms with Crippen molar-refractivity contribution in [2.45, 2.75) is 19.3 Å². The van der Waals surface area contributed by atoms with Crippen LogP contribution in [0.1, 0.15) is 28.9 Å². The molecular formula is C16H19N3O2. The average Bonchev–Trinajstić information content (AvgIpc) is 3.17. The molecule has 2 N–H and O–H groups in total. The lowest BCUT2D eigenvalue weighted by Gasteiger charge is -2.14. The van der Waals surface area contributed by atoms with E-state index in [0.29, 0.717) is 5.69 Å². The summed E-state index contributed by atoms with van der Waals surface area (Å²) in [5.41, 5.74) is 3.02.